The molecule has 0 unspecified atom stereocenters. The Morgan fingerprint density at radius 2 is 1.75 bits per heavy atom. The molecule has 4 aliphatic heterocycles. The second kappa shape index (κ2) is 9.67. The fourth-order valence-corrected chi connectivity index (χ4v) is 5.32. The maximum atomic E-state index is 10.9. The molecule has 1 aromatic carbocycles. The summed E-state index contributed by atoms with van der Waals surface area (Å²) in [6, 6.07) is 12.3. The molecule has 0 aromatic heterocycles. The number of hydrogen-bond acceptors (Lipinski definition) is 9. The van der Waals surface area contributed by atoms with Gasteiger partial charge in [0.05, 0.1) is 13.2 Å². The van der Waals surface area contributed by atoms with Gasteiger partial charge in [-0.25, -0.2) is 0 Å². The number of fused-ring (bicyclic) bond motifs is 2. The van der Waals surface area contributed by atoms with Crippen LogP contribution in [0, 0.1) is 11.3 Å². The van der Waals surface area contributed by atoms with Crippen LogP contribution in [-0.2, 0) is 44.5 Å². The first-order valence-corrected chi connectivity index (χ1v) is 12.2. The van der Waals surface area contributed by atoms with E-state index in [1.807, 2.05) is 44.2 Å². The van der Waals surface area contributed by atoms with Gasteiger partial charge in [0.15, 0.2) is 24.2 Å². The van der Waals surface area contributed by atoms with Crippen LogP contribution in [0.25, 0.3) is 5.01 Å². The molecule has 36 heavy (non-hydrogen) atoms. The van der Waals surface area contributed by atoms with E-state index in [-0.39, 0.29) is 6.61 Å². The standard InChI is InChI=1S/C26H33NO9/c1-6-12-26(30-14-16-10-8-7-9-11-16)18(32-23-21(26)34-25(4,5)36-23)15-29-19-17(13-27-28)31-22-20(19)33-24(2,3)35-22/h6-11,17-23H,1,12,14-15H2,2-5H3/t17-,18-,19+,20-,21+,22-,23-,26-/m1/s1. The van der Waals surface area contributed by atoms with Gasteiger partial charge in [0.25, 0.3) is 0 Å². The molecular formula is C26H33NO9. The third-order valence-electron chi connectivity index (χ3n) is 6.81. The number of nitrogens with zero attached hydrogens (tertiary/aromatic N) is 1. The first-order chi connectivity index (χ1) is 17.2. The number of ether oxygens (including phenoxy) is 8. The summed E-state index contributed by atoms with van der Waals surface area (Å²) in [5, 5.41) is 13.7. The van der Waals surface area contributed by atoms with Crippen LogP contribution in [0.15, 0.2) is 43.0 Å². The molecule has 4 heterocycles. The molecule has 1 aromatic rings. The van der Waals surface area contributed by atoms with Gasteiger partial charge in [-0.1, -0.05) is 36.4 Å². The van der Waals surface area contributed by atoms with E-state index in [2.05, 4.69) is 17.7 Å². The molecule has 10 heteroatoms. The molecule has 8 atom stereocenters. The Morgan fingerprint density at radius 3 is 2.47 bits per heavy atom. The number of rotatable bonds is 8. The second-order valence-electron chi connectivity index (χ2n) is 10.3. The van der Waals surface area contributed by atoms with Crippen molar-refractivity contribution in [2.75, 3.05) is 6.61 Å². The van der Waals surface area contributed by atoms with E-state index in [0.717, 1.165) is 5.56 Å². The highest BCUT2D eigenvalue weighted by molar-refractivity contribution is 5.16. The van der Waals surface area contributed by atoms with Crippen LogP contribution in [0.4, 0.5) is 0 Å². The average Bonchev–Trinajstić information content (AvgIpc) is 3.47. The van der Waals surface area contributed by atoms with Gasteiger partial charge < -0.3 is 43.1 Å². The number of hydrogen-bond donors (Lipinski definition) is 0. The molecule has 4 fully saturated rings. The second-order valence-corrected chi connectivity index (χ2v) is 10.3. The minimum Gasteiger partial charge on any atom is -0.498 e. The SMILES string of the molecule is C=CC[C@@]1(OCc2ccccc2)[C@@H](CO[C@@H]2[C@H]3OC(C)(C)O[C@H]3O[C@@H]2C#[N+][O-])O[C@@H]2OC(C)(C)O[C@@H]21. The van der Waals surface area contributed by atoms with Crippen molar-refractivity contribution in [2.45, 2.75) is 101 Å². The maximum absolute atomic E-state index is 10.9. The summed E-state index contributed by atoms with van der Waals surface area (Å²) in [4.78, 5) is 0. The molecule has 4 aliphatic rings. The quantitative estimate of drug-likeness (QED) is 0.390. The van der Waals surface area contributed by atoms with Crippen LogP contribution in [-0.4, -0.2) is 66.9 Å². The molecule has 0 spiro atoms. The van der Waals surface area contributed by atoms with E-state index in [4.69, 9.17) is 37.9 Å². The zero-order valence-corrected chi connectivity index (χ0v) is 21.0. The topological polar surface area (TPSA) is 101 Å². The first-order valence-electron chi connectivity index (χ1n) is 12.2. The highest BCUT2D eigenvalue weighted by Gasteiger charge is 2.65. The lowest BCUT2D eigenvalue weighted by molar-refractivity contribution is -0.250. The Kier molecular flexibility index (Phi) is 6.87. The molecule has 10 nitrogen and oxygen atoms in total. The van der Waals surface area contributed by atoms with Gasteiger partial charge in [-0.15, -0.1) is 6.58 Å². The third-order valence-corrected chi connectivity index (χ3v) is 6.81. The zero-order valence-electron chi connectivity index (χ0n) is 21.0. The van der Waals surface area contributed by atoms with Gasteiger partial charge in [-0.2, -0.15) is 0 Å². The molecule has 0 N–H and O–H groups in total. The van der Waals surface area contributed by atoms with Crippen LogP contribution >= 0.6 is 0 Å². The van der Waals surface area contributed by atoms with Gasteiger partial charge in [0, 0.05) is 5.01 Å². The normalized spacial score (nSPS) is 39.8. The van der Waals surface area contributed by atoms with Crippen molar-refractivity contribution in [3.8, 4) is 6.07 Å². The molecule has 4 saturated heterocycles. The van der Waals surface area contributed by atoms with E-state index in [9.17, 15) is 5.21 Å². The van der Waals surface area contributed by atoms with Crippen molar-refractivity contribution in [2.24, 2.45) is 0 Å². The van der Waals surface area contributed by atoms with E-state index >= 15 is 0 Å². The van der Waals surface area contributed by atoms with Crippen molar-refractivity contribution in [3.05, 3.63) is 58.8 Å². The molecule has 0 radical (unpaired) electrons. The van der Waals surface area contributed by atoms with Crippen molar-refractivity contribution in [1.82, 2.24) is 0 Å². The average molecular weight is 504 g/mol. The van der Waals surface area contributed by atoms with Gasteiger partial charge in [0.2, 0.25) is 6.10 Å². The smallest absolute Gasteiger partial charge is 0.333 e. The van der Waals surface area contributed by atoms with Crippen LogP contribution < -0.4 is 0 Å². The summed E-state index contributed by atoms with van der Waals surface area (Å²) in [6.07, 6.45) is -2.32. The summed E-state index contributed by atoms with van der Waals surface area (Å²) >= 11 is 0. The Bertz CT molecular complexity index is 1010. The minimum absolute atomic E-state index is 0.0842. The maximum Gasteiger partial charge on any atom is 0.333 e. The highest BCUT2D eigenvalue weighted by Crippen LogP contribution is 2.48. The van der Waals surface area contributed by atoms with Gasteiger partial charge in [0.1, 0.15) is 30.0 Å². The zero-order chi connectivity index (χ0) is 25.6. The van der Waals surface area contributed by atoms with Crippen molar-refractivity contribution in [3.63, 3.8) is 0 Å². The van der Waals surface area contributed by atoms with Crippen molar-refractivity contribution >= 4 is 0 Å². The lowest BCUT2D eigenvalue weighted by Crippen LogP contribution is -2.53. The predicted molar refractivity (Wildman–Crippen MR) is 127 cm³/mol. The van der Waals surface area contributed by atoms with Crippen LogP contribution in [0.3, 0.4) is 0 Å². The molecule has 0 aliphatic carbocycles. The minimum atomic E-state index is -0.937. The van der Waals surface area contributed by atoms with Gasteiger partial charge >= 0.3 is 6.07 Å². The summed E-state index contributed by atoms with van der Waals surface area (Å²) in [7, 11) is 0. The predicted octanol–water partition coefficient (Wildman–Crippen LogP) is 3.49. The molecule has 196 valence electrons. The Balaban J connectivity index is 1.38. The Labute approximate surface area is 210 Å². The Morgan fingerprint density at radius 1 is 1.03 bits per heavy atom. The van der Waals surface area contributed by atoms with Gasteiger partial charge in [-0.3, -0.25) is 0 Å². The highest BCUT2D eigenvalue weighted by atomic mass is 16.9. The lowest BCUT2D eigenvalue weighted by atomic mass is 9.88. The molecular weight excluding hydrogens is 470 g/mol. The summed E-state index contributed by atoms with van der Waals surface area (Å²) in [5.74, 6) is -1.68. The molecule has 0 bridgehead atoms. The van der Waals surface area contributed by atoms with Crippen LogP contribution in [0.2, 0.25) is 0 Å². The fraction of sp³-hybridized carbons (Fsp3) is 0.654. The van der Waals surface area contributed by atoms with Crippen LogP contribution in [0.5, 0.6) is 0 Å². The Hall–Kier alpha value is -2.07. The molecule has 0 amide bonds. The van der Waals surface area contributed by atoms with Crippen LogP contribution in [0.1, 0.15) is 39.7 Å². The van der Waals surface area contributed by atoms with E-state index in [1.54, 1.807) is 19.9 Å². The van der Waals surface area contributed by atoms with E-state index in [1.165, 1.54) is 0 Å². The number of benzene rings is 1. The third kappa shape index (κ3) is 4.78. The molecule has 5 rings (SSSR count). The first kappa shape index (κ1) is 25.6. The van der Waals surface area contributed by atoms with Gasteiger partial charge in [-0.05, 0) is 39.7 Å². The fourth-order valence-electron chi connectivity index (χ4n) is 5.32. The molecule has 0 saturated carbocycles. The lowest BCUT2D eigenvalue weighted by Gasteiger charge is -2.38. The van der Waals surface area contributed by atoms with Crippen molar-refractivity contribution < 1.29 is 37.9 Å². The summed E-state index contributed by atoms with van der Waals surface area (Å²) in [5.41, 5.74) is 0.0712. The van der Waals surface area contributed by atoms with E-state index < -0.39 is 60.3 Å². The van der Waals surface area contributed by atoms with Crippen molar-refractivity contribution in [1.29, 1.82) is 0 Å². The largest absolute Gasteiger partial charge is 0.498 e. The summed E-state index contributed by atoms with van der Waals surface area (Å²) < 4.78 is 49.1. The summed E-state index contributed by atoms with van der Waals surface area (Å²) in [6.45, 7) is 11.6. The van der Waals surface area contributed by atoms with E-state index in [0.29, 0.717) is 13.0 Å². The monoisotopic (exact) mass is 503 g/mol.